The summed E-state index contributed by atoms with van der Waals surface area (Å²) in [7, 11) is 2.21. The van der Waals surface area contributed by atoms with Crippen molar-refractivity contribution in [1.29, 1.82) is 0 Å². The van der Waals surface area contributed by atoms with E-state index in [0.29, 0.717) is 4.99 Å². The van der Waals surface area contributed by atoms with Crippen LogP contribution < -0.4 is 5.73 Å². The van der Waals surface area contributed by atoms with Crippen LogP contribution in [0.2, 0.25) is 0 Å². The Morgan fingerprint density at radius 1 is 1.50 bits per heavy atom. The van der Waals surface area contributed by atoms with Gasteiger partial charge in [0.1, 0.15) is 0 Å². The first-order chi connectivity index (χ1) is 6.43. The van der Waals surface area contributed by atoms with Gasteiger partial charge in [-0.1, -0.05) is 32.5 Å². The quantitative estimate of drug-likeness (QED) is 0.711. The number of hydrogen-bond acceptors (Lipinski definition) is 2. The highest BCUT2D eigenvalue weighted by atomic mass is 32.1. The number of nitrogens with zero attached hydrogens (tertiary/aromatic N) is 1. The van der Waals surface area contributed by atoms with Gasteiger partial charge in [-0.15, -0.1) is 0 Å². The van der Waals surface area contributed by atoms with E-state index in [4.69, 9.17) is 18.0 Å². The van der Waals surface area contributed by atoms with E-state index in [1.807, 2.05) is 0 Å². The van der Waals surface area contributed by atoms with Crippen molar-refractivity contribution in [3.63, 3.8) is 0 Å². The molecule has 0 heterocycles. The first-order valence-corrected chi connectivity index (χ1v) is 5.84. The van der Waals surface area contributed by atoms with Crippen molar-refractivity contribution in [1.82, 2.24) is 4.90 Å². The molecule has 1 aliphatic rings. The molecular weight excluding hydrogens is 192 g/mol. The molecule has 0 saturated heterocycles. The van der Waals surface area contributed by atoms with E-state index in [1.54, 1.807) is 0 Å². The van der Waals surface area contributed by atoms with E-state index in [1.165, 1.54) is 19.3 Å². The smallest absolute Gasteiger partial charge is 0.0784 e. The van der Waals surface area contributed by atoms with Gasteiger partial charge >= 0.3 is 0 Å². The summed E-state index contributed by atoms with van der Waals surface area (Å²) in [5.41, 5.74) is 5.70. The SMILES string of the molecule is CN(CCC(C)(C)C(N)=S)C1CCC1. The Morgan fingerprint density at radius 3 is 2.43 bits per heavy atom. The van der Waals surface area contributed by atoms with E-state index in [-0.39, 0.29) is 5.41 Å². The second-order valence-corrected chi connectivity index (χ2v) is 5.50. The van der Waals surface area contributed by atoms with Crippen molar-refractivity contribution in [3.8, 4) is 0 Å². The first-order valence-electron chi connectivity index (χ1n) is 5.43. The van der Waals surface area contributed by atoms with Crippen LogP contribution in [0.4, 0.5) is 0 Å². The maximum atomic E-state index is 5.69. The second kappa shape index (κ2) is 4.58. The third-order valence-electron chi connectivity index (χ3n) is 3.45. The molecule has 14 heavy (non-hydrogen) atoms. The Morgan fingerprint density at radius 2 is 2.07 bits per heavy atom. The van der Waals surface area contributed by atoms with Gasteiger partial charge in [-0.25, -0.2) is 0 Å². The zero-order valence-electron chi connectivity index (χ0n) is 9.55. The minimum absolute atomic E-state index is 0.00728. The molecule has 0 aliphatic heterocycles. The van der Waals surface area contributed by atoms with Gasteiger partial charge in [0.05, 0.1) is 4.99 Å². The maximum Gasteiger partial charge on any atom is 0.0784 e. The molecule has 0 unspecified atom stereocenters. The van der Waals surface area contributed by atoms with Gasteiger partial charge in [0, 0.05) is 11.5 Å². The van der Waals surface area contributed by atoms with E-state index in [9.17, 15) is 0 Å². The average molecular weight is 214 g/mol. The Labute approximate surface area is 92.8 Å². The van der Waals surface area contributed by atoms with Crippen LogP contribution in [0.25, 0.3) is 0 Å². The van der Waals surface area contributed by atoms with Crippen molar-refractivity contribution in [2.45, 2.75) is 45.6 Å². The third kappa shape index (κ3) is 2.92. The number of thiocarbonyl (C=S) groups is 1. The van der Waals surface area contributed by atoms with Crippen LogP contribution in [0.3, 0.4) is 0 Å². The summed E-state index contributed by atoms with van der Waals surface area (Å²) in [5, 5.41) is 0. The summed E-state index contributed by atoms with van der Waals surface area (Å²) in [6.07, 6.45) is 5.19. The number of hydrogen-bond donors (Lipinski definition) is 1. The molecular formula is C11H22N2S. The lowest BCUT2D eigenvalue weighted by Gasteiger charge is -2.36. The Balaban J connectivity index is 2.28. The molecule has 1 aliphatic carbocycles. The second-order valence-electron chi connectivity index (χ2n) is 5.06. The third-order valence-corrected chi connectivity index (χ3v) is 4.01. The number of nitrogens with two attached hydrogens (primary N) is 1. The molecule has 0 aromatic rings. The van der Waals surface area contributed by atoms with E-state index in [2.05, 4.69) is 25.8 Å². The molecule has 2 N–H and O–H groups in total. The van der Waals surface area contributed by atoms with Crippen LogP contribution in [0, 0.1) is 5.41 Å². The zero-order valence-corrected chi connectivity index (χ0v) is 10.4. The van der Waals surface area contributed by atoms with Crippen LogP contribution in [-0.4, -0.2) is 29.5 Å². The van der Waals surface area contributed by atoms with Gasteiger partial charge in [0.15, 0.2) is 0 Å². The highest BCUT2D eigenvalue weighted by Gasteiger charge is 2.25. The highest BCUT2D eigenvalue weighted by molar-refractivity contribution is 7.80. The molecule has 0 spiro atoms. The molecule has 2 nitrogen and oxygen atoms in total. The maximum absolute atomic E-state index is 5.69. The van der Waals surface area contributed by atoms with Gasteiger partial charge in [-0.05, 0) is 32.9 Å². The molecule has 0 aromatic heterocycles. The van der Waals surface area contributed by atoms with Crippen LogP contribution >= 0.6 is 12.2 Å². The van der Waals surface area contributed by atoms with Gasteiger partial charge in [0.2, 0.25) is 0 Å². The molecule has 0 amide bonds. The standard InChI is InChI=1S/C11H22N2S/c1-11(2,10(12)14)7-8-13(3)9-5-4-6-9/h9H,4-8H2,1-3H3,(H2,12,14). The van der Waals surface area contributed by atoms with Crippen molar-refractivity contribution in [2.24, 2.45) is 11.1 Å². The van der Waals surface area contributed by atoms with Crippen LogP contribution in [0.15, 0.2) is 0 Å². The van der Waals surface area contributed by atoms with Gasteiger partial charge in [-0.2, -0.15) is 0 Å². The highest BCUT2D eigenvalue weighted by Crippen LogP contribution is 2.26. The summed E-state index contributed by atoms with van der Waals surface area (Å²) in [6.45, 7) is 5.36. The minimum atomic E-state index is 0.00728. The lowest BCUT2D eigenvalue weighted by Crippen LogP contribution is -2.40. The molecule has 0 radical (unpaired) electrons. The van der Waals surface area contributed by atoms with Crippen LogP contribution in [0.5, 0.6) is 0 Å². The van der Waals surface area contributed by atoms with E-state index in [0.717, 1.165) is 19.0 Å². The summed E-state index contributed by atoms with van der Waals surface area (Å²) < 4.78 is 0. The van der Waals surface area contributed by atoms with Gasteiger partial charge in [-0.3, -0.25) is 0 Å². The fourth-order valence-electron chi connectivity index (χ4n) is 1.59. The molecule has 1 rings (SSSR count). The predicted molar refractivity (Wildman–Crippen MR) is 65.5 cm³/mol. The minimum Gasteiger partial charge on any atom is -0.393 e. The Kier molecular flexibility index (Phi) is 3.90. The topological polar surface area (TPSA) is 29.3 Å². The molecule has 0 bridgehead atoms. The molecule has 3 heteroatoms. The van der Waals surface area contributed by atoms with E-state index >= 15 is 0 Å². The van der Waals surface area contributed by atoms with Gasteiger partial charge in [0.25, 0.3) is 0 Å². The predicted octanol–water partition coefficient (Wildman–Crippen LogP) is 2.17. The Hall–Kier alpha value is -0.150. The molecule has 1 fully saturated rings. The van der Waals surface area contributed by atoms with E-state index < -0.39 is 0 Å². The largest absolute Gasteiger partial charge is 0.393 e. The van der Waals surface area contributed by atoms with Crippen molar-refractivity contribution in [3.05, 3.63) is 0 Å². The Bertz CT molecular complexity index is 209. The summed E-state index contributed by atoms with van der Waals surface area (Å²) in [5.74, 6) is 0. The molecule has 1 saturated carbocycles. The lowest BCUT2D eigenvalue weighted by atomic mass is 9.87. The van der Waals surface area contributed by atoms with Crippen LogP contribution in [0.1, 0.15) is 39.5 Å². The summed E-state index contributed by atoms with van der Waals surface area (Å²) in [6, 6.07) is 0.817. The molecule has 0 aromatic carbocycles. The zero-order chi connectivity index (χ0) is 10.8. The normalized spacial score (nSPS) is 18.3. The van der Waals surface area contributed by atoms with Crippen molar-refractivity contribution in [2.75, 3.05) is 13.6 Å². The molecule has 0 atom stereocenters. The first kappa shape index (κ1) is 11.9. The summed E-state index contributed by atoms with van der Waals surface area (Å²) >= 11 is 5.05. The fourth-order valence-corrected chi connectivity index (χ4v) is 1.69. The average Bonchev–Trinajstić information content (AvgIpc) is 1.97. The number of rotatable bonds is 5. The van der Waals surface area contributed by atoms with Gasteiger partial charge < -0.3 is 10.6 Å². The molecule has 82 valence electrons. The van der Waals surface area contributed by atoms with Crippen molar-refractivity contribution < 1.29 is 0 Å². The fraction of sp³-hybridized carbons (Fsp3) is 0.909. The lowest BCUT2D eigenvalue weighted by molar-refractivity contribution is 0.148. The monoisotopic (exact) mass is 214 g/mol. The van der Waals surface area contributed by atoms with Crippen LogP contribution in [-0.2, 0) is 0 Å². The summed E-state index contributed by atoms with van der Waals surface area (Å²) in [4.78, 5) is 3.09. The van der Waals surface area contributed by atoms with Crippen molar-refractivity contribution >= 4 is 17.2 Å².